The molecule has 0 aromatic carbocycles. The summed E-state index contributed by atoms with van der Waals surface area (Å²) in [6.07, 6.45) is 0. The minimum absolute atomic E-state index is 0.125. The summed E-state index contributed by atoms with van der Waals surface area (Å²) in [4.78, 5) is 12.9. The van der Waals surface area contributed by atoms with E-state index >= 15 is 0 Å². The van der Waals surface area contributed by atoms with Crippen LogP contribution in [0.4, 0.5) is 0 Å². The van der Waals surface area contributed by atoms with Gasteiger partial charge in [-0.25, -0.2) is 0 Å². The third-order valence-corrected chi connectivity index (χ3v) is 0.196. The Morgan fingerprint density at radius 2 is 2.50 bits per heavy atom. The van der Waals surface area contributed by atoms with E-state index in [1.165, 1.54) is 7.05 Å². The van der Waals surface area contributed by atoms with E-state index < -0.39 is 0 Å². The van der Waals surface area contributed by atoms with Crippen LogP contribution in [0.2, 0.25) is 0 Å². The Labute approximate surface area is 34.8 Å². The molecule has 0 saturated carbocycles. The number of nitrogens with zero attached hydrogens (tertiary/aromatic N) is 1. The first-order valence-corrected chi connectivity index (χ1v) is 1.30. The second-order valence-corrected chi connectivity index (χ2v) is 0.666. The van der Waals surface area contributed by atoms with Crippen LogP contribution in [0, 0.1) is 0 Å². The fourth-order valence-corrected chi connectivity index (χ4v) is 0.0623. The van der Waals surface area contributed by atoms with Gasteiger partial charge < -0.3 is 4.84 Å². The van der Waals surface area contributed by atoms with Crippen molar-refractivity contribution >= 4 is 6.47 Å². The molecular formula is C2H5NO3. The fourth-order valence-electron chi connectivity index (χ4n) is 0.0623. The van der Waals surface area contributed by atoms with Gasteiger partial charge in [0, 0.05) is 0 Å². The van der Waals surface area contributed by atoms with Crippen molar-refractivity contribution in [2.24, 2.45) is 0 Å². The number of hydrogen-bond acceptors (Lipinski definition) is 4. The SMILES string of the molecule is CN(O)OC=O. The van der Waals surface area contributed by atoms with Gasteiger partial charge >= 0.3 is 6.47 Å². The highest BCUT2D eigenvalue weighted by Gasteiger charge is 1.79. The lowest BCUT2D eigenvalue weighted by Gasteiger charge is -1.98. The van der Waals surface area contributed by atoms with Gasteiger partial charge in [0.2, 0.25) is 0 Å². The van der Waals surface area contributed by atoms with Crippen molar-refractivity contribution in [3.8, 4) is 0 Å². The van der Waals surface area contributed by atoms with Gasteiger partial charge in [0.25, 0.3) is 0 Å². The number of hydroxylamine groups is 2. The first kappa shape index (κ1) is 5.39. The molecule has 0 fully saturated rings. The molecule has 4 heteroatoms. The van der Waals surface area contributed by atoms with Crippen LogP contribution in [-0.4, -0.2) is 24.0 Å². The summed E-state index contributed by atoms with van der Waals surface area (Å²) in [5.74, 6) is 0. The molecule has 0 aliphatic rings. The third kappa shape index (κ3) is 3.39. The molecule has 4 nitrogen and oxygen atoms in total. The highest BCUT2D eigenvalue weighted by molar-refractivity contribution is 5.36. The average molecular weight is 91.1 g/mol. The van der Waals surface area contributed by atoms with Gasteiger partial charge in [-0.1, -0.05) is 0 Å². The highest BCUT2D eigenvalue weighted by Crippen LogP contribution is 1.65. The van der Waals surface area contributed by atoms with Crippen LogP contribution < -0.4 is 0 Å². The molecule has 1 N–H and O–H groups in total. The second kappa shape index (κ2) is 2.62. The van der Waals surface area contributed by atoms with Gasteiger partial charge in [-0.3, -0.25) is 10.0 Å². The first-order chi connectivity index (χ1) is 2.77. The molecular weight excluding hydrogens is 86.0 g/mol. The lowest BCUT2D eigenvalue weighted by atomic mass is 11.5. The van der Waals surface area contributed by atoms with Gasteiger partial charge in [-0.2, -0.15) is 0 Å². The van der Waals surface area contributed by atoms with E-state index in [4.69, 9.17) is 5.21 Å². The zero-order valence-electron chi connectivity index (χ0n) is 3.29. The molecule has 0 atom stereocenters. The molecule has 0 radical (unpaired) electrons. The van der Waals surface area contributed by atoms with Crippen molar-refractivity contribution in [2.45, 2.75) is 0 Å². The Hall–Kier alpha value is -0.610. The monoisotopic (exact) mass is 91.0 g/mol. The number of hydrogen-bond donors (Lipinski definition) is 1. The summed E-state index contributed by atoms with van der Waals surface area (Å²) in [7, 11) is 1.19. The first-order valence-electron chi connectivity index (χ1n) is 1.30. The molecule has 0 aliphatic carbocycles. The maximum Gasteiger partial charge on any atom is 0.316 e. The predicted molar refractivity (Wildman–Crippen MR) is 16.7 cm³/mol. The van der Waals surface area contributed by atoms with Crippen LogP contribution in [0.15, 0.2) is 0 Å². The fraction of sp³-hybridized carbons (Fsp3) is 0.500. The molecule has 0 bridgehead atoms. The number of rotatable bonds is 2. The maximum atomic E-state index is 9.19. The maximum absolute atomic E-state index is 9.19. The Balaban J connectivity index is 2.81. The van der Waals surface area contributed by atoms with Gasteiger partial charge in [0.05, 0.1) is 7.05 Å². The number of carbonyl (C=O) groups excluding carboxylic acids is 1. The summed E-state index contributed by atoms with van der Waals surface area (Å²) in [5, 5.41) is 8.24. The summed E-state index contributed by atoms with van der Waals surface area (Å²) >= 11 is 0. The largest absolute Gasteiger partial charge is 0.346 e. The molecule has 0 rings (SSSR count). The molecule has 0 spiro atoms. The molecule has 0 aromatic heterocycles. The van der Waals surface area contributed by atoms with Crippen molar-refractivity contribution < 1.29 is 14.8 Å². The lowest BCUT2D eigenvalue weighted by Crippen LogP contribution is -2.11. The molecule has 0 unspecified atom stereocenters. The smallest absolute Gasteiger partial charge is 0.316 e. The molecule has 0 heterocycles. The number of carbonyl (C=O) groups is 1. The van der Waals surface area contributed by atoms with E-state index in [1.54, 1.807) is 0 Å². The summed E-state index contributed by atoms with van der Waals surface area (Å²) in [6.45, 7) is 0.125. The quantitative estimate of drug-likeness (QED) is 0.364. The van der Waals surface area contributed by atoms with Crippen molar-refractivity contribution in [3.63, 3.8) is 0 Å². The summed E-state index contributed by atoms with van der Waals surface area (Å²) < 4.78 is 0. The van der Waals surface area contributed by atoms with Crippen LogP contribution >= 0.6 is 0 Å². The van der Waals surface area contributed by atoms with E-state index in [9.17, 15) is 4.79 Å². The van der Waals surface area contributed by atoms with Crippen molar-refractivity contribution in [1.82, 2.24) is 5.23 Å². The molecule has 0 amide bonds. The molecule has 0 aliphatic heterocycles. The Morgan fingerprint density at radius 1 is 2.00 bits per heavy atom. The Kier molecular flexibility index (Phi) is 2.35. The Bertz CT molecular complexity index is 44.1. The molecule has 36 valence electrons. The van der Waals surface area contributed by atoms with Crippen molar-refractivity contribution in [2.75, 3.05) is 7.05 Å². The third-order valence-electron chi connectivity index (χ3n) is 0.196. The average Bonchev–Trinajstić information content (AvgIpc) is 1.35. The van der Waals surface area contributed by atoms with Crippen molar-refractivity contribution in [3.05, 3.63) is 0 Å². The summed E-state index contributed by atoms with van der Waals surface area (Å²) in [5.41, 5.74) is 0. The van der Waals surface area contributed by atoms with Crippen LogP contribution in [0.3, 0.4) is 0 Å². The zero-order valence-corrected chi connectivity index (χ0v) is 3.29. The zero-order chi connectivity index (χ0) is 4.99. The van der Waals surface area contributed by atoms with Gasteiger partial charge in [-0.15, -0.1) is 0 Å². The second-order valence-electron chi connectivity index (χ2n) is 0.666. The van der Waals surface area contributed by atoms with E-state index in [-0.39, 0.29) is 6.47 Å². The summed E-state index contributed by atoms with van der Waals surface area (Å²) in [6, 6.07) is 0. The van der Waals surface area contributed by atoms with E-state index in [0.29, 0.717) is 5.23 Å². The normalized spacial score (nSPS) is 8.50. The van der Waals surface area contributed by atoms with Crippen LogP contribution in [0.5, 0.6) is 0 Å². The standard InChI is InChI=1S/C2H5NO3/c1-3(5)6-2-4/h2,5H,1H3. The van der Waals surface area contributed by atoms with Gasteiger partial charge in [0.15, 0.2) is 0 Å². The minimum atomic E-state index is 0.125. The van der Waals surface area contributed by atoms with E-state index in [0.717, 1.165) is 0 Å². The van der Waals surface area contributed by atoms with E-state index in [1.807, 2.05) is 0 Å². The molecule has 0 aromatic rings. The Morgan fingerprint density at radius 3 is 2.50 bits per heavy atom. The molecule has 0 saturated heterocycles. The topological polar surface area (TPSA) is 49.8 Å². The predicted octanol–water partition coefficient (Wildman–Crippen LogP) is -0.605. The van der Waals surface area contributed by atoms with Crippen LogP contribution in [-0.2, 0) is 9.63 Å². The van der Waals surface area contributed by atoms with Crippen LogP contribution in [0.25, 0.3) is 0 Å². The lowest BCUT2D eigenvalue weighted by molar-refractivity contribution is -0.292. The van der Waals surface area contributed by atoms with Crippen molar-refractivity contribution in [1.29, 1.82) is 0 Å². The van der Waals surface area contributed by atoms with Gasteiger partial charge in [0.1, 0.15) is 0 Å². The minimum Gasteiger partial charge on any atom is -0.346 e. The van der Waals surface area contributed by atoms with Gasteiger partial charge in [-0.05, 0) is 5.23 Å². The van der Waals surface area contributed by atoms with Crippen LogP contribution in [0.1, 0.15) is 0 Å². The highest BCUT2D eigenvalue weighted by atomic mass is 16.9. The van der Waals surface area contributed by atoms with E-state index in [2.05, 4.69) is 4.84 Å². The molecule has 6 heavy (non-hydrogen) atoms.